The van der Waals surface area contributed by atoms with Crippen molar-refractivity contribution in [1.29, 1.82) is 0 Å². The van der Waals surface area contributed by atoms with Gasteiger partial charge in [0, 0.05) is 25.0 Å². The number of pyridine rings is 1. The molecule has 0 radical (unpaired) electrons. The smallest absolute Gasteiger partial charge is 0.270 e. The Morgan fingerprint density at radius 2 is 2.13 bits per heavy atom. The molecular weight excluding hydrogens is 290 g/mol. The van der Waals surface area contributed by atoms with E-state index in [1.54, 1.807) is 18.3 Å². The summed E-state index contributed by atoms with van der Waals surface area (Å²) in [4.78, 5) is 31.6. The quantitative estimate of drug-likeness (QED) is 0.856. The molecule has 0 N–H and O–H groups in total. The van der Waals surface area contributed by atoms with Gasteiger partial charge in [-0.05, 0) is 36.8 Å². The molecule has 1 aliphatic rings. The Bertz CT molecular complexity index is 789. The van der Waals surface area contributed by atoms with Crippen LogP contribution in [-0.2, 0) is 0 Å². The summed E-state index contributed by atoms with van der Waals surface area (Å²) in [6.07, 6.45) is 6.02. The zero-order chi connectivity index (χ0) is 16.6. The van der Waals surface area contributed by atoms with Crippen molar-refractivity contribution in [2.45, 2.75) is 46.1 Å². The molecule has 0 saturated carbocycles. The molecule has 0 bridgehead atoms. The number of fused-ring (bicyclic) bond motifs is 1. The highest BCUT2D eigenvalue weighted by Crippen LogP contribution is 2.30. The van der Waals surface area contributed by atoms with E-state index in [0.29, 0.717) is 5.65 Å². The van der Waals surface area contributed by atoms with Gasteiger partial charge < -0.3 is 4.90 Å². The monoisotopic (exact) mass is 313 g/mol. The van der Waals surface area contributed by atoms with Crippen molar-refractivity contribution in [1.82, 2.24) is 14.3 Å². The summed E-state index contributed by atoms with van der Waals surface area (Å²) in [6.45, 7) is 7.26. The van der Waals surface area contributed by atoms with Gasteiger partial charge in [0.2, 0.25) is 0 Å². The molecule has 0 spiro atoms. The Kier molecular flexibility index (Phi) is 3.96. The van der Waals surface area contributed by atoms with E-state index in [-0.39, 0.29) is 28.5 Å². The topological polar surface area (TPSA) is 54.7 Å². The zero-order valence-corrected chi connectivity index (χ0v) is 14.0. The van der Waals surface area contributed by atoms with Gasteiger partial charge in [-0.2, -0.15) is 0 Å². The first kappa shape index (κ1) is 15.7. The number of hydrogen-bond acceptors (Lipinski definition) is 3. The summed E-state index contributed by atoms with van der Waals surface area (Å²) in [7, 11) is 0. The molecule has 5 heteroatoms. The largest absolute Gasteiger partial charge is 0.335 e. The van der Waals surface area contributed by atoms with Crippen LogP contribution < -0.4 is 5.56 Å². The molecule has 3 heterocycles. The Hall–Kier alpha value is -2.17. The van der Waals surface area contributed by atoms with Crippen molar-refractivity contribution in [3.63, 3.8) is 0 Å². The maximum absolute atomic E-state index is 12.9. The van der Waals surface area contributed by atoms with Crippen molar-refractivity contribution < 1.29 is 4.79 Å². The number of carbonyl (C=O) groups is 1. The molecule has 2 aromatic rings. The molecular formula is C18H23N3O2. The minimum absolute atomic E-state index is 0.157. The first-order valence-electron chi connectivity index (χ1n) is 8.14. The van der Waals surface area contributed by atoms with Gasteiger partial charge in [-0.15, -0.1) is 0 Å². The number of aromatic nitrogens is 2. The van der Waals surface area contributed by atoms with E-state index in [4.69, 9.17) is 0 Å². The molecule has 23 heavy (non-hydrogen) atoms. The van der Waals surface area contributed by atoms with Gasteiger partial charge in [-0.25, -0.2) is 4.98 Å². The normalized spacial score (nSPS) is 18.6. The van der Waals surface area contributed by atoms with E-state index in [1.165, 1.54) is 10.6 Å². The molecule has 0 aliphatic carbocycles. The van der Waals surface area contributed by atoms with Crippen molar-refractivity contribution in [2.75, 3.05) is 6.54 Å². The second-order valence-electron chi connectivity index (χ2n) is 7.47. The molecule has 1 amide bonds. The zero-order valence-electron chi connectivity index (χ0n) is 14.0. The molecule has 1 atom stereocenters. The van der Waals surface area contributed by atoms with Crippen LogP contribution in [0.15, 0.2) is 35.4 Å². The predicted molar refractivity (Wildman–Crippen MR) is 89.6 cm³/mol. The third-order valence-electron chi connectivity index (χ3n) is 4.33. The summed E-state index contributed by atoms with van der Waals surface area (Å²) in [5, 5.41) is 0. The summed E-state index contributed by atoms with van der Waals surface area (Å²) < 4.78 is 1.43. The molecule has 0 aromatic carbocycles. The average molecular weight is 313 g/mol. The highest BCUT2D eigenvalue weighted by atomic mass is 16.2. The fraction of sp³-hybridized carbons (Fsp3) is 0.500. The van der Waals surface area contributed by atoms with Gasteiger partial charge in [0.1, 0.15) is 11.2 Å². The van der Waals surface area contributed by atoms with E-state index in [0.717, 1.165) is 25.8 Å². The van der Waals surface area contributed by atoms with Crippen molar-refractivity contribution >= 4 is 11.6 Å². The Morgan fingerprint density at radius 1 is 1.35 bits per heavy atom. The van der Waals surface area contributed by atoms with E-state index >= 15 is 0 Å². The number of hydrogen-bond donors (Lipinski definition) is 0. The van der Waals surface area contributed by atoms with Gasteiger partial charge in [0.05, 0.1) is 0 Å². The molecule has 122 valence electrons. The second-order valence-corrected chi connectivity index (χ2v) is 7.47. The molecule has 5 nitrogen and oxygen atoms in total. The van der Waals surface area contributed by atoms with E-state index in [2.05, 4.69) is 25.8 Å². The maximum Gasteiger partial charge on any atom is 0.270 e. The summed E-state index contributed by atoms with van der Waals surface area (Å²) in [5.74, 6) is -0.187. The van der Waals surface area contributed by atoms with Gasteiger partial charge in [-0.1, -0.05) is 26.8 Å². The molecule has 3 rings (SSSR count). The van der Waals surface area contributed by atoms with Crippen LogP contribution in [-0.4, -0.2) is 32.8 Å². The van der Waals surface area contributed by atoms with Crippen LogP contribution in [0.5, 0.6) is 0 Å². The fourth-order valence-electron chi connectivity index (χ4n) is 3.35. The van der Waals surface area contributed by atoms with Crippen LogP contribution in [0.4, 0.5) is 0 Å². The van der Waals surface area contributed by atoms with Gasteiger partial charge in [-0.3, -0.25) is 14.0 Å². The maximum atomic E-state index is 12.9. The van der Waals surface area contributed by atoms with Gasteiger partial charge in [0.15, 0.2) is 0 Å². The molecule has 1 saturated heterocycles. The van der Waals surface area contributed by atoms with Crippen LogP contribution in [0.25, 0.3) is 5.65 Å². The predicted octanol–water partition coefficient (Wildman–Crippen LogP) is 2.74. The van der Waals surface area contributed by atoms with Crippen LogP contribution in [0.1, 0.15) is 50.4 Å². The molecule has 1 fully saturated rings. The van der Waals surface area contributed by atoms with Crippen molar-refractivity contribution in [3.05, 3.63) is 46.5 Å². The Labute approximate surface area is 136 Å². The van der Waals surface area contributed by atoms with E-state index in [1.807, 2.05) is 11.0 Å². The fourth-order valence-corrected chi connectivity index (χ4v) is 3.35. The lowest BCUT2D eigenvalue weighted by Gasteiger charge is -2.30. The highest BCUT2D eigenvalue weighted by Gasteiger charge is 2.33. The molecule has 1 aliphatic heterocycles. The summed E-state index contributed by atoms with van der Waals surface area (Å²) in [5.41, 5.74) is 0.586. The Morgan fingerprint density at radius 3 is 2.87 bits per heavy atom. The first-order chi connectivity index (χ1) is 10.9. The highest BCUT2D eigenvalue weighted by molar-refractivity contribution is 5.94. The number of nitrogens with zero attached hydrogens (tertiary/aromatic N) is 3. The molecule has 1 unspecified atom stereocenters. The minimum atomic E-state index is -0.290. The molecule has 2 aromatic heterocycles. The SMILES string of the molecule is CC(C)(C)CC1CCCN1C(=O)c1cnc2ccccn2c1=O. The number of rotatable bonds is 2. The standard InChI is InChI=1S/C18H23N3O2/c1-18(2,3)11-13-7-6-10-20(13)16(22)14-12-19-15-8-4-5-9-21(15)17(14)23/h4-5,8-9,12-13H,6-7,10-11H2,1-3H3. The Balaban J connectivity index is 1.94. The van der Waals surface area contributed by atoms with Crippen LogP contribution in [0.2, 0.25) is 0 Å². The summed E-state index contributed by atoms with van der Waals surface area (Å²) in [6, 6.07) is 5.55. The van der Waals surface area contributed by atoms with Gasteiger partial charge in [0.25, 0.3) is 11.5 Å². The van der Waals surface area contributed by atoms with Crippen molar-refractivity contribution in [2.24, 2.45) is 5.41 Å². The van der Waals surface area contributed by atoms with E-state index in [9.17, 15) is 9.59 Å². The third kappa shape index (κ3) is 3.14. The van der Waals surface area contributed by atoms with E-state index < -0.39 is 0 Å². The lowest BCUT2D eigenvalue weighted by Crippen LogP contribution is -2.40. The second kappa shape index (κ2) is 5.80. The number of carbonyl (C=O) groups excluding carboxylic acids is 1. The van der Waals surface area contributed by atoms with Crippen LogP contribution >= 0.6 is 0 Å². The lowest BCUT2D eigenvalue weighted by atomic mass is 9.87. The van der Waals surface area contributed by atoms with Crippen molar-refractivity contribution in [3.8, 4) is 0 Å². The van der Waals surface area contributed by atoms with Crippen LogP contribution in [0.3, 0.4) is 0 Å². The van der Waals surface area contributed by atoms with Crippen LogP contribution in [0, 0.1) is 5.41 Å². The lowest BCUT2D eigenvalue weighted by molar-refractivity contribution is 0.0702. The first-order valence-corrected chi connectivity index (χ1v) is 8.14. The average Bonchev–Trinajstić information content (AvgIpc) is 2.93. The summed E-state index contributed by atoms with van der Waals surface area (Å²) >= 11 is 0. The van der Waals surface area contributed by atoms with Gasteiger partial charge >= 0.3 is 0 Å². The number of likely N-dealkylation sites (tertiary alicyclic amines) is 1. The third-order valence-corrected chi connectivity index (χ3v) is 4.33. The minimum Gasteiger partial charge on any atom is -0.335 e. The number of amides is 1.